The van der Waals surface area contributed by atoms with Crippen LogP contribution >= 0.6 is 0 Å². The number of rotatable bonds is 3. The molecule has 1 saturated heterocycles. The van der Waals surface area contributed by atoms with E-state index in [0.717, 1.165) is 11.1 Å². The summed E-state index contributed by atoms with van der Waals surface area (Å²) in [5.41, 5.74) is 7.57. The number of aliphatic hydroxyl groups excluding tert-OH is 1. The van der Waals surface area contributed by atoms with Gasteiger partial charge < -0.3 is 15.7 Å². The van der Waals surface area contributed by atoms with Crippen LogP contribution in [0, 0.1) is 0 Å². The minimum absolute atomic E-state index is 0.0852. The molecule has 0 spiro atoms. The quantitative estimate of drug-likeness (QED) is 0.789. The number of nitrogens with two attached hydrogens (primary N) is 1. The molecular formula is C13H18N2O2. The van der Waals surface area contributed by atoms with Gasteiger partial charge in [0, 0.05) is 19.6 Å². The number of hydrogen-bond acceptors (Lipinski definition) is 3. The Morgan fingerprint density at radius 1 is 1.35 bits per heavy atom. The zero-order valence-corrected chi connectivity index (χ0v) is 9.80. The van der Waals surface area contributed by atoms with Gasteiger partial charge in [0.05, 0.1) is 12.5 Å². The molecule has 0 unspecified atom stereocenters. The predicted octanol–water partition coefficient (Wildman–Crippen LogP) is 0.281. The zero-order chi connectivity index (χ0) is 12.3. The number of carbonyl (C=O) groups is 1. The van der Waals surface area contributed by atoms with E-state index in [4.69, 9.17) is 5.73 Å². The summed E-state index contributed by atoms with van der Waals surface area (Å²) in [7, 11) is 0. The van der Waals surface area contributed by atoms with Crippen molar-refractivity contribution in [1.29, 1.82) is 0 Å². The van der Waals surface area contributed by atoms with Crippen LogP contribution < -0.4 is 5.73 Å². The summed E-state index contributed by atoms with van der Waals surface area (Å²) in [6.07, 6.45) is 0.744. The predicted molar refractivity (Wildman–Crippen MR) is 65.2 cm³/mol. The number of likely N-dealkylation sites (tertiary alicyclic amines) is 1. The number of amides is 1. The third-order valence-corrected chi connectivity index (χ3v) is 3.13. The highest BCUT2D eigenvalue weighted by molar-refractivity contribution is 5.79. The molecule has 0 saturated carbocycles. The average molecular weight is 234 g/mol. The topological polar surface area (TPSA) is 66.6 Å². The summed E-state index contributed by atoms with van der Waals surface area (Å²) in [5, 5.41) is 9.38. The lowest BCUT2D eigenvalue weighted by Gasteiger charge is -2.15. The van der Waals surface area contributed by atoms with E-state index < -0.39 is 0 Å². The number of carbonyl (C=O) groups excluding carboxylic acids is 1. The highest BCUT2D eigenvalue weighted by atomic mass is 16.3. The molecule has 1 amide bonds. The van der Waals surface area contributed by atoms with E-state index >= 15 is 0 Å². The highest BCUT2D eigenvalue weighted by Gasteiger charge is 2.24. The third-order valence-electron chi connectivity index (χ3n) is 3.13. The van der Waals surface area contributed by atoms with Crippen molar-refractivity contribution in [2.24, 2.45) is 5.73 Å². The largest absolute Gasteiger partial charge is 0.391 e. The summed E-state index contributed by atoms with van der Waals surface area (Å²) in [6.45, 7) is 1.66. The first-order valence-corrected chi connectivity index (χ1v) is 5.93. The van der Waals surface area contributed by atoms with Crippen LogP contribution in [0.25, 0.3) is 0 Å². The second kappa shape index (κ2) is 5.29. The molecule has 1 aliphatic rings. The fraction of sp³-hybridized carbons (Fsp3) is 0.462. The van der Waals surface area contributed by atoms with Gasteiger partial charge in [-0.1, -0.05) is 24.3 Å². The molecule has 92 valence electrons. The zero-order valence-electron chi connectivity index (χ0n) is 9.80. The van der Waals surface area contributed by atoms with Crippen molar-refractivity contribution in [3.63, 3.8) is 0 Å². The Labute approximate surface area is 101 Å². The molecule has 0 radical (unpaired) electrons. The fourth-order valence-electron chi connectivity index (χ4n) is 2.05. The highest BCUT2D eigenvalue weighted by Crippen LogP contribution is 2.12. The van der Waals surface area contributed by atoms with Gasteiger partial charge in [0.1, 0.15) is 0 Å². The summed E-state index contributed by atoms with van der Waals surface area (Å²) in [6, 6.07) is 7.77. The lowest BCUT2D eigenvalue weighted by Crippen LogP contribution is -2.30. The number of aliphatic hydroxyl groups is 1. The van der Waals surface area contributed by atoms with Crippen LogP contribution in [0.5, 0.6) is 0 Å². The Bertz CT molecular complexity index is 389. The summed E-state index contributed by atoms with van der Waals surface area (Å²) < 4.78 is 0. The fourth-order valence-corrected chi connectivity index (χ4v) is 2.05. The Balaban J connectivity index is 1.93. The van der Waals surface area contributed by atoms with E-state index in [1.54, 1.807) is 4.90 Å². The number of nitrogens with zero attached hydrogens (tertiary/aromatic N) is 1. The molecule has 0 aromatic heterocycles. The monoisotopic (exact) mass is 234 g/mol. The summed E-state index contributed by atoms with van der Waals surface area (Å²) >= 11 is 0. The lowest BCUT2D eigenvalue weighted by atomic mass is 10.1. The molecule has 17 heavy (non-hydrogen) atoms. The first-order valence-electron chi connectivity index (χ1n) is 5.93. The van der Waals surface area contributed by atoms with E-state index in [0.29, 0.717) is 32.5 Å². The normalized spacial score (nSPS) is 19.6. The van der Waals surface area contributed by atoms with Crippen LogP contribution in [0.15, 0.2) is 24.3 Å². The molecule has 1 aliphatic heterocycles. The van der Waals surface area contributed by atoms with E-state index in [2.05, 4.69) is 0 Å². The third kappa shape index (κ3) is 3.05. The lowest BCUT2D eigenvalue weighted by molar-refractivity contribution is -0.129. The van der Waals surface area contributed by atoms with E-state index in [1.807, 2.05) is 24.3 Å². The van der Waals surface area contributed by atoms with Crippen LogP contribution in [-0.4, -0.2) is 35.1 Å². The Kier molecular flexibility index (Phi) is 3.76. The molecule has 4 heteroatoms. The maximum Gasteiger partial charge on any atom is 0.227 e. The smallest absolute Gasteiger partial charge is 0.227 e. The average Bonchev–Trinajstić information content (AvgIpc) is 2.77. The minimum atomic E-state index is -0.349. The van der Waals surface area contributed by atoms with Gasteiger partial charge >= 0.3 is 0 Å². The maximum absolute atomic E-state index is 11.9. The molecule has 1 fully saturated rings. The number of β-amino-alcohol motifs (C(OH)–C–C–N with tert-alkyl or cyclic N) is 1. The molecule has 1 aromatic carbocycles. The van der Waals surface area contributed by atoms with Crippen molar-refractivity contribution in [2.45, 2.75) is 25.5 Å². The van der Waals surface area contributed by atoms with Crippen molar-refractivity contribution in [3.8, 4) is 0 Å². The molecule has 4 nitrogen and oxygen atoms in total. The van der Waals surface area contributed by atoms with E-state index in [-0.39, 0.29) is 12.0 Å². The van der Waals surface area contributed by atoms with Gasteiger partial charge in [-0.05, 0) is 17.5 Å². The molecule has 1 aromatic rings. The van der Waals surface area contributed by atoms with Gasteiger partial charge in [0.2, 0.25) is 5.91 Å². The second-order valence-corrected chi connectivity index (χ2v) is 4.48. The minimum Gasteiger partial charge on any atom is -0.391 e. The van der Waals surface area contributed by atoms with Crippen molar-refractivity contribution in [3.05, 3.63) is 35.4 Å². The van der Waals surface area contributed by atoms with E-state index in [1.165, 1.54) is 0 Å². The van der Waals surface area contributed by atoms with Gasteiger partial charge in [0.25, 0.3) is 0 Å². The van der Waals surface area contributed by atoms with Gasteiger partial charge in [-0.2, -0.15) is 0 Å². The second-order valence-electron chi connectivity index (χ2n) is 4.48. The van der Waals surface area contributed by atoms with Crippen LogP contribution in [-0.2, 0) is 17.8 Å². The van der Waals surface area contributed by atoms with Crippen molar-refractivity contribution >= 4 is 5.91 Å². The van der Waals surface area contributed by atoms with Crippen molar-refractivity contribution < 1.29 is 9.90 Å². The number of benzene rings is 1. The SMILES string of the molecule is NCc1ccc(CC(=O)N2CC[C@@H](O)C2)cc1. The first-order chi connectivity index (χ1) is 8.19. The molecule has 2 rings (SSSR count). The Hall–Kier alpha value is -1.39. The molecule has 3 N–H and O–H groups in total. The van der Waals surface area contributed by atoms with Crippen LogP contribution in [0.2, 0.25) is 0 Å². The Morgan fingerprint density at radius 3 is 2.53 bits per heavy atom. The van der Waals surface area contributed by atoms with E-state index in [9.17, 15) is 9.90 Å². The van der Waals surface area contributed by atoms with Gasteiger partial charge in [-0.3, -0.25) is 4.79 Å². The summed E-state index contributed by atoms with van der Waals surface area (Å²) in [5.74, 6) is 0.0852. The molecule has 0 aliphatic carbocycles. The first kappa shape index (κ1) is 12.1. The van der Waals surface area contributed by atoms with Gasteiger partial charge in [-0.25, -0.2) is 0 Å². The van der Waals surface area contributed by atoms with Crippen LogP contribution in [0.1, 0.15) is 17.5 Å². The summed E-state index contributed by atoms with van der Waals surface area (Å²) in [4.78, 5) is 13.6. The maximum atomic E-state index is 11.9. The molecular weight excluding hydrogens is 216 g/mol. The van der Waals surface area contributed by atoms with Gasteiger partial charge in [-0.15, -0.1) is 0 Å². The molecule has 1 heterocycles. The van der Waals surface area contributed by atoms with Crippen molar-refractivity contribution in [2.75, 3.05) is 13.1 Å². The van der Waals surface area contributed by atoms with Crippen LogP contribution in [0.3, 0.4) is 0 Å². The molecule has 1 atom stereocenters. The Morgan fingerprint density at radius 2 is 2.00 bits per heavy atom. The van der Waals surface area contributed by atoms with Crippen LogP contribution in [0.4, 0.5) is 0 Å². The standard InChI is InChI=1S/C13H18N2O2/c14-8-11-3-1-10(2-4-11)7-13(17)15-6-5-12(16)9-15/h1-4,12,16H,5-9,14H2/t12-/m1/s1. The number of hydrogen-bond donors (Lipinski definition) is 2. The molecule has 0 bridgehead atoms. The van der Waals surface area contributed by atoms with Gasteiger partial charge in [0.15, 0.2) is 0 Å². The van der Waals surface area contributed by atoms with Crippen molar-refractivity contribution in [1.82, 2.24) is 4.90 Å².